The first kappa shape index (κ1) is 12.2. The molecule has 8 atom stereocenters. The van der Waals surface area contributed by atoms with Gasteiger partial charge in [-0.25, -0.2) is 0 Å². The first-order valence-electron chi connectivity index (χ1n) is 7.44. The van der Waals surface area contributed by atoms with E-state index in [4.69, 9.17) is 9.47 Å². The van der Waals surface area contributed by atoms with Crippen molar-refractivity contribution in [1.82, 2.24) is 0 Å². The van der Waals surface area contributed by atoms with E-state index in [1.54, 1.807) is 0 Å². The highest BCUT2D eigenvalue weighted by Crippen LogP contribution is 2.65. The summed E-state index contributed by atoms with van der Waals surface area (Å²) in [7, 11) is 0. The number of esters is 1. The molecule has 0 spiro atoms. The highest BCUT2D eigenvalue weighted by atomic mass is 16.6. The molecule has 0 aromatic heterocycles. The molecule has 4 heteroatoms. The molecule has 0 aromatic rings. The molecule has 4 fully saturated rings. The van der Waals surface area contributed by atoms with Gasteiger partial charge in [0.1, 0.15) is 6.10 Å². The number of hydrogen-bond acceptors (Lipinski definition) is 4. The van der Waals surface area contributed by atoms with Crippen LogP contribution in [0, 0.1) is 23.2 Å². The molecule has 2 saturated heterocycles. The second kappa shape index (κ2) is 3.34. The summed E-state index contributed by atoms with van der Waals surface area (Å²) in [6, 6.07) is 0. The zero-order chi connectivity index (χ0) is 13.6. The van der Waals surface area contributed by atoms with E-state index in [1.165, 1.54) is 0 Å². The Hall–Kier alpha value is -0.610. The van der Waals surface area contributed by atoms with Gasteiger partial charge in [-0.3, -0.25) is 4.79 Å². The van der Waals surface area contributed by atoms with Crippen molar-refractivity contribution in [3.05, 3.63) is 0 Å². The van der Waals surface area contributed by atoms with Gasteiger partial charge in [-0.2, -0.15) is 0 Å². The highest BCUT2D eigenvalue weighted by molar-refractivity contribution is 5.75. The minimum absolute atomic E-state index is 0.00517. The van der Waals surface area contributed by atoms with E-state index in [0.29, 0.717) is 5.92 Å². The van der Waals surface area contributed by atoms with Crippen LogP contribution < -0.4 is 0 Å². The molecule has 4 rings (SSSR count). The molecular weight excluding hydrogens is 244 g/mol. The Bertz CT molecular complexity index is 449. The summed E-state index contributed by atoms with van der Waals surface area (Å²) in [5.74, 6) is 0.369. The van der Waals surface area contributed by atoms with Gasteiger partial charge in [-0.1, -0.05) is 13.8 Å². The number of aliphatic hydroxyl groups excluding tert-OH is 1. The van der Waals surface area contributed by atoms with Gasteiger partial charge in [-0.15, -0.1) is 0 Å². The van der Waals surface area contributed by atoms with Crippen molar-refractivity contribution in [3.63, 3.8) is 0 Å². The maximum atomic E-state index is 11.9. The first-order valence-corrected chi connectivity index (χ1v) is 7.44. The fourth-order valence-electron chi connectivity index (χ4n) is 5.18. The smallest absolute Gasteiger partial charge is 0.309 e. The van der Waals surface area contributed by atoms with Crippen molar-refractivity contribution < 1.29 is 19.4 Å². The lowest BCUT2D eigenvalue weighted by molar-refractivity contribution is -0.161. The average Bonchev–Trinajstić information content (AvgIpc) is 2.90. The summed E-state index contributed by atoms with van der Waals surface area (Å²) in [5.41, 5.74) is -0.366. The lowest BCUT2D eigenvalue weighted by Gasteiger charge is -2.52. The van der Waals surface area contributed by atoms with Crippen LogP contribution in [0.4, 0.5) is 0 Å². The summed E-state index contributed by atoms with van der Waals surface area (Å²) < 4.78 is 11.6. The molecule has 2 aliphatic carbocycles. The van der Waals surface area contributed by atoms with E-state index in [-0.39, 0.29) is 47.1 Å². The third-order valence-corrected chi connectivity index (χ3v) is 6.54. The zero-order valence-electron chi connectivity index (χ0n) is 11.8. The Labute approximate surface area is 113 Å². The third kappa shape index (κ3) is 1.30. The van der Waals surface area contributed by atoms with E-state index in [0.717, 1.165) is 19.3 Å². The normalized spacial score (nSPS) is 62.8. The molecule has 4 nitrogen and oxygen atoms in total. The van der Waals surface area contributed by atoms with Crippen LogP contribution >= 0.6 is 0 Å². The molecule has 0 aromatic carbocycles. The molecular formula is C15H22O4. The lowest BCUT2D eigenvalue weighted by atomic mass is 9.52. The van der Waals surface area contributed by atoms with Gasteiger partial charge in [0.05, 0.1) is 23.7 Å². The van der Waals surface area contributed by atoms with Crippen molar-refractivity contribution in [2.75, 3.05) is 0 Å². The maximum absolute atomic E-state index is 11.9. The molecule has 106 valence electrons. The van der Waals surface area contributed by atoms with E-state index in [9.17, 15) is 9.90 Å². The van der Waals surface area contributed by atoms with Crippen molar-refractivity contribution in [2.24, 2.45) is 23.2 Å². The van der Waals surface area contributed by atoms with Gasteiger partial charge in [0.25, 0.3) is 0 Å². The number of fused-ring (bicyclic) bond motifs is 5. The van der Waals surface area contributed by atoms with Crippen LogP contribution in [0.1, 0.15) is 40.0 Å². The molecule has 2 saturated carbocycles. The summed E-state index contributed by atoms with van der Waals surface area (Å²) in [5, 5.41) is 10.5. The topological polar surface area (TPSA) is 59.1 Å². The van der Waals surface area contributed by atoms with Crippen LogP contribution in [0.5, 0.6) is 0 Å². The van der Waals surface area contributed by atoms with Gasteiger partial charge in [0.2, 0.25) is 0 Å². The number of epoxide rings is 1. The van der Waals surface area contributed by atoms with Crippen molar-refractivity contribution in [3.8, 4) is 0 Å². The number of carbonyl (C=O) groups is 1. The minimum Gasteiger partial charge on any atom is -0.461 e. The van der Waals surface area contributed by atoms with Crippen molar-refractivity contribution in [1.29, 1.82) is 0 Å². The predicted molar refractivity (Wildman–Crippen MR) is 67.3 cm³/mol. The standard InChI is InChI=1S/C15H22O4/c1-7-8-4-5-14(2)9(16)6-10-15(3,19-10)12(14)11(8)18-13(7)17/h7-12,16H,4-6H2,1-3H3/t7-,8-,9-,10-,11+,12-,14-,15+/m0/s1. The summed E-state index contributed by atoms with van der Waals surface area (Å²) in [6.07, 6.45) is 2.41. The lowest BCUT2D eigenvalue weighted by Crippen LogP contribution is -2.59. The fraction of sp³-hybridized carbons (Fsp3) is 0.933. The van der Waals surface area contributed by atoms with E-state index < -0.39 is 0 Å². The number of ether oxygens (including phenoxy) is 2. The Morgan fingerprint density at radius 2 is 2.11 bits per heavy atom. The number of hydrogen-bond donors (Lipinski definition) is 1. The second-order valence-electron chi connectivity index (χ2n) is 7.42. The fourth-order valence-corrected chi connectivity index (χ4v) is 5.18. The van der Waals surface area contributed by atoms with Crippen LogP contribution in [0.2, 0.25) is 0 Å². The van der Waals surface area contributed by atoms with Crippen LogP contribution in [0.3, 0.4) is 0 Å². The predicted octanol–water partition coefficient (Wildman–Crippen LogP) is 1.50. The Morgan fingerprint density at radius 1 is 1.37 bits per heavy atom. The van der Waals surface area contributed by atoms with Gasteiger partial charge in [0, 0.05) is 23.7 Å². The van der Waals surface area contributed by atoms with Gasteiger partial charge in [-0.05, 0) is 19.8 Å². The Morgan fingerprint density at radius 3 is 2.84 bits per heavy atom. The SMILES string of the molecule is C[C@@H]1C(=O)O[C@@H]2[C@H]1CC[C@@]1(C)[C@@H](O)C[C@@H]3O[C@@]3(C)[C@@H]21. The summed E-state index contributed by atoms with van der Waals surface area (Å²) in [6.45, 7) is 6.26. The molecule has 0 bridgehead atoms. The molecule has 0 radical (unpaired) electrons. The summed E-state index contributed by atoms with van der Waals surface area (Å²) in [4.78, 5) is 11.9. The second-order valence-corrected chi connectivity index (χ2v) is 7.42. The van der Waals surface area contributed by atoms with Crippen LogP contribution in [0.15, 0.2) is 0 Å². The average molecular weight is 266 g/mol. The summed E-state index contributed by atoms with van der Waals surface area (Å²) >= 11 is 0. The minimum atomic E-state index is -0.339. The van der Waals surface area contributed by atoms with E-state index in [1.807, 2.05) is 6.92 Å². The molecule has 4 aliphatic rings. The highest BCUT2D eigenvalue weighted by Gasteiger charge is 2.73. The number of carbonyl (C=O) groups excluding carboxylic acids is 1. The largest absolute Gasteiger partial charge is 0.461 e. The molecule has 2 aliphatic heterocycles. The Balaban J connectivity index is 1.76. The van der Waals surface area contributed by atoms with Crippen molar-refractivity contribution in [2.45, 2.75) is 63.9 Å². The van der Waals surface area contributed by atoms with Gasteiger partial charge >= 0.3 is 5.97 Å². The van der Waals surface area contributed by atoms with Crippen LogP contribution in [0.25, 0.3) is 0 Å². The van der Waals surface area contributed by atoms with Crippen LogP contribution in [-0.2, 0) is 14.3 Å². The number of rotatable bonds is 0. The quantitative estimate of drug-likeness (QED) is 0.533. The zero-order valence-corrected chi connectivity index (χ0v) is 11.8. The monoisotopic (exact) mass is 266 g/mol. The van der Waals surface area contributed by atoms with E-state index in [2.05, 4.69) is 13.8 Å². The third-order valence-electron chi connectivity index (χ3n) is 6.54. The van der Waals surface area contributed by atoms with E-state index >= 15 is 0 Å². The van der Waals surface area contributed by atoms with Crippen LogP contribution in [-0.4, -0.2) is 35.0 Å². The molecule has 19 heavy (non-hydrogen) atoms. The molecule has 2 heterocycles. The molecule has 0 amide bonds. The first-order chi connectivity index (χ1) is 8.88. The number of aliphatic hydroxyl groups is 1. The molecule has 1 N–H and O–H groups in total. The maximum Gasteiger partial charge on any atom is 0.309 e. The molecule has 0 unspecified atom stereocenters. The van der Waals surface area contributed by atoms with Gasteiger partial charge < -0.3 is 14.6 Å². The Kier molecular flexibility index (Phi) is 2.14. The van der Waals surface area contributed by atoms with Gasteiger partial charge in [0.15, 0.2) is 0 Å². The van der Waals surface area contributed by atoms with Crippen molar-refractivity contribution >= 4 is 5.97 Å².